The van der Waals surface area contributed by atoms with E-state index < -0.39 is 17.1 Å². The zero-order valence-electron chi connectivity index (χ0n) is 17.6. The quantitative estimate of drug-likeness (QED) is 0.494. The van der Waals surface area contributed by atoms with Crippen LogP contribution in [0, 0.1) is 17.6 Å². The predicted octanol–water partition coefficient (Wildman–Crippen LogP) is 3.01. The van der Waals surface area contributed by atoms with Gasteiger partial charge in [0, 0.05) is 31.4 Å². The van der Waals surface area contributed by atoms with Crippen LogP contribution in [0.15, 0.2) is 58.1 Å². The molecule has 0 saturated carbocycles. The molecule has 0 unspecified atom stereocenters. The molecule has 0 saturated heterocycles. The Morgan fingerprint density at radius 1 is 1.03 bits per heavy atom. The summed E-state index contributed by atoms with van der Waals surface area (Å²) in [5, 5.41) is 0. The summed E-state index contributed by atoms with van der Waals surface area (Å²) < 4.78 is 31.8. The zero-order valence-corrected chi connectivity index (χ0v) is 17.6. The number of aryl methyl sites for hydroxylation is 1. The zero-order chi connectivity index (χ0) is 22.6. The van der Waals surface area contributed by atoms with Gasteiger partial charge in [0.15, 0.2) is 11.2 Å². The highest BCUT2D eigenvalue weighted by Gasteiger charge is 2.30. The predicted molar refractivity (Wildman–Crippen MR) is 117 cm³/mol. The van der Waals surface area contributed by atoms with Gasteiger partial charge in [-0.1, -0.05) is 25.1 Å². The van der Waals surface area contributed by atoms with Crippen molar-refractivity contribution in [3.05, 3.63) is 86.6 Å². The minimum absolute atomic E-state index is 0.168. The Kier molecular flexibility index (Phi) is 4.69. The lowest BCUT2D eigenvalue weighted by atomic mass is 10.1. The van der Waals surface area contributed by atoms with Crippen LogP contribution in [0.4, 0.5) is 20.4 Å². The molecule has 7 nitrogen and oxygen atoms in total. The maximum Gasteiger partial charge on any atom is 0.332 e. The normalized spacial score (nSPS) is 15.9. The van der Waals surface area contributed by atoms with Gasteiger partial charge in [0.1, 0.15) is 11.6 Å². The second-order valence-corrected chi connectivity index (χ2v) is 8.21. The van der Waals surface area contributed by atoms with Crippen molar-refractivity contribution in [1.82, 2.24) is 18.7 Å². The smallest absolute Gasteiger partial charge is 0.312 e. The molecule has 9 heteroatoms. The number of fused-ring (bicyclic) bond motifs is 3. The van der Waals surface area contributed by atoms with Crippen LogP contribution in [0.25, 0.3) is 11.2 Å². The second kappa shape index (κ2) is 7.44. The second-order valence-electron chi connectivity index (χ2n) is 8.21. The van der Waals surface area contributed by atoms with E-state index in [1.54, 1.807) is 41.9 Å². The molecule has 1 aliphatic rings. The SMILES string of the molecule is C[C@@H]1CN(c2ccc(F)cc2)c2nc3c(c(=O)n(Cc4ccccc4F)c(=O)n3C)n2C1. The van der Waals surface area contributed by atoms with Gasteiger partial charge in [0.2, 0.25) is 5.95 Å². The Morgan fingerprint density at radius 2 is 1.75 bits per heavy atom. The highest BCUT2D eigenvalue weighted by molar-refractivity contribution is 5.77. The summed E-state index contributed by atoms with van der Waals surface area (Å²) in [6.45, 7) is 3.04. The third-order valence-electron chi connectivity index (χ3n) is 5.87. The van der Waals surface area contributed by atoms with Crippen molar-refractivity contribution < 1.29 is 8.78 Å². The average Bonchev–Trinajstić information content (AvgIpc) is 3.16. The van der Waals surface area contributed by atoms with E-state index in [1.807, 2.05) is 11.8 Å². The Balaban J connectivity index is 1.73. The van der Waals surface area contributed by atoms with Crippen molar-refractivity contribution in [2.24, 2.45) is 13.0 Å². The van der Waals surface area contributed by atoms with E-state index >= 15 is 0 Å². The van der Waals surface area contributed by atoms with E-state index in [-0.39, 0.29) is 35.0 Å². The van der Waals surface area contributed by atoms with E-state index in [0.29, 0.717) is 19.0 Å². The Morgan fingerprint density at radius 3 is 2.47 bits per heavy atom. The number of rotatable bonds is 3. The van der Waals surface area contributed by atoms with Crippen molar-refractivity contribution in [2.45, 2.75) is 20.0 Å². The molecule has 3 heterocycles. The molecule has 5 rings (SSSR count). The Hall–Kier alpha value is -3.75. The first-order chi connectivity index (χ1) is 15.3. The third kappa shape index (κ3) is 3.12. The highest BCUT2D eigenvalue weighted by Crippen LogP contribution is 2.32. The van der Waals surface area contributed by atoms with Crippen molar-refractivity contribution in [2.75, 3.05) is 11.4 Å². The maximum atomic E-state index is 14.2. The van der Waals surface area contributed by atoms with Gasteiger partial charge >= 0.3 is 5.69 Å². The number of aromatic nitrogens is 4. The molecular weight excluding hydrogens is 416 g/mol. The van der Waals surface area contributed by atoms with Crippen LogP contribution in [-0.2, 0) is 20.1 Å². The summed E-state index contributed by atoms with van der Waals surface area (Å²) >= 11 is 0. The van der Waals surface area contributed by atoms with Crippen LogP contribution in [0.1, 0.15) is 12.5 Å². The fourth-order valence-electron chi connectivity index (χ4n) is 4.28. The molecule has 164 valence electrons. The number of nitrogens with zero attached hydrogens (tertiary/aromatic N) is 5. The lowest BCUT2D eigenvalue weighted by Gasteiger charge is -2.32. The molecule has 0 N–H and O–H groups in total. The summed E-state index contributed by atoms with van der Waals surface area (Å²) in [4.78, 5) is 33.0. The largest absolute Gasteiger partial charge is 0.332 e. The fourth-order valence-corrected chi connectivity index (χ4v) is 4.28. The van der Waals surface area contributed by atoms with Crippen molar-refractivity contribution in [1.29, 1.82) is 0 Å². The van der Waals surface area contributed by atoms with Gasteiger partial charge in [0.25, 0.3) is 5.56 Å². The summed E-state index contributed by atoms with van der Waals surface area (Å²) in [5.41, 5.74) is 0.468. The minimum Gasteiger partial charge on any atom is -0.312 e. The van der Waals surface area contributed by atoms with Gasteiger partial charge in [-0.2, -0.15) is 4.98 Å². The number of anilines is 2. The lowest BCUT2D eigenvalue weighted by Crippen LogP contribution is -2.40. The van der Waals surface area contributed by atoms with Gasteiger partial charge in [-0.3, -0.25) is 13.9 Å². The van der Waals surface area contributed by atoms with Gasteiger partial charge in [-0.25, -0.2) is 13.6 Å². The number of imidazole rings is 1. The van der Waals surface area contributed by atoms with Gasteiger partial charge < -0.3 is 9.47 Å². The standard InChI is InChI=1S/C23H21F2N5O2/c1-14-11-28(17-9-7-16(24)8-10-17)22-26-20-19(29(22)12-14)21(31)30(23(32)27(20)2)13-15-5-3-4-6-18(15)25/h3-10,14H,11-13H2,1-2H3/t14-/m1/s1. The summed E-state index contributed by atoms with van der Waals surface area (Å²) in [7, 11) is 1.55. The molecule has 4 aromatic rings. The molecule has 0 spiro atoms. The minimum atomic E-state index is -0.567. The van der Waals surface area contributed by atoms with E-state index in [1.165, 1.54) is 22.8 Å². The van der Waals surface area contributed by atoms with Crippen molar-refractivity contribution >= 4 is 22.8 Å². The number of benzene rings is 2. The van der Waals surface area contributed by atoms with E-state index in [0.717, 1.165) is 10.3 Å². The van der Waals surface area contributed by atoms with Crippen LogP contribution in [0.3, 0.4) is 0 Å². The Labute approximate surface area is 181 Å². The Bertz CT molecular complexity index is 1450. The molecule has 0 radical (unpaired) electrons. The summed E-state index contributed by atoms with van der Waals surface area (Å²) in [5.74, 6) is -0.138. The monoisotopic (exact) mass is 437 g/mol. The number of halogens is 2. The van der Waals surface area contributed by atoms with Gasteiger partial charge in [0.05, 0.1) is 6.54 Å². The summed E-state index contributed by atoms with van der Waals surface area (Å²) in [6, 6.07) is 12.1. The average molecular weight is 437 g/mol. The van der Waals surface area contributed by atoms with Crippen LogP contribution in [0.5, 0.6) is 0 Å². The molecular formula is C23H21F2N5O2. The first-order valence-corrected chi connectivity index (χ1v) is 10.3. The van der Waals surface area contributed by atoms with Gasteiger partial charge in [-0.15, -0.1) is 0 Å². The molecule has 0 aliphatic carbocycles. The fraction of sp³-hybridized carbons (Fsp3) is 0.261. The molecule has 0 amide bonds. The molecule has 2 aromatic carbocycles. The van der Waals surface area contributed by atoms with Crippen LogP contribution in [-0.4, -0.2) is 25.2 Å². The third-order valence-corrected chi connectivity index (χ3v) is 5.87. The van der Waals surface area contributed by atoms with Crippen molar-refractivity contribution in [3.8, 4) is 0 Å². The topological polar surface area (TPSA) is 65.1 Å². The molecule has 2 aromatic heterocycles. The molecule has 1 atom stereocenters. The van der Waals surface area contributed by atoms with Gasteiger partial charge in [-0.05, 0) is 36.2 Å². The van der Waals surface area contributed by atoms with Crippen LogP contribution < -0.4 is 16.1 Å². The number of hydrogen-bond donors (Lipinski definition) is 0. The molecule has 32 heavy (non-hydrogen) atoms. The van der Waals surface area contributed by atoms with Crippen molar-refractivity contribution in [3.63, 3.8) is 0 Å². The maximum absolute atomic E-state index is 14.2. The van der Waals surface area contributed by atoms with E-state index in [9.17, 15) is 18.4 Å². The number of hydrogen-bond acceptors (Lipinski definition) is 4. The summed E-state index contributed by atoms with van der Waals surface area (Å²) in [6.07, 6.45) is 0. The first-order valence-electron chi connectivity index (χ1n) is 10.3. The van der Waals surface area contributed by atoms with Crippen LogP contribution in [0.2, 0.25) is 0 Å². The van der Waals surface area contributed by atoms with Crippen LogP contribution >= 0.6 is 0 Å². The highest BCUT2D eigenvalue weighted by atomic mass is 19.1. The molecule has 0 bridgehead atoms. The van der Waals surface area contributed by atoms with E-state index in [4.69, 9.17) is 0 Å². The lowest BCUT2D eigenvalue weighted by molar-refractivity contribution is 0.457. The molecule has 1 aliphatic heterocycles. The first kappa shape index (κ1) is 20.2. The molecule has 0 fully saturated rings. The van der Waals surface area contributed by atoms with E-state index in [2.05, 4.69) is 4.98 Å².